The van der Waals surface area contributed by atoms with Gasteiger partial charge < -0.3 is 9.88 Å². The van der Waals surface area contributed by atoms with Crippen LogP contribution < -0.4 is 5.56 Å². The molecule has 1 amide bonds. The summed E-state index contributed by atoms with van der Waals surface area (Å²) in [6.07, 6.45) is 2.29. The number of nitrogens with zero attached hydrogens (tertiary/aromatic N) is 3. The lowest BCUT2D eigenvalue weighted by atomic mass is 10.2. The number of H-pyrrole nitrogens is 1. The minimum atomic E-state index is -0.0743. The molecule has 1 N–H and O–H groups in total. The molecular formula is C16H20N4O2S. The molecule has 6 nitrogen and oxygen atoms in total. The summed E-state index contributed by atoms with van der Waals surface area (Å²) in [6.45, 7) is 6.53. The number of aromatic amines is 1. The molecule has 3 heterocycles. The first-order valence-electron chi connectivity index (χ1n) is 8.03. The van der Waals surface area contributed by atoms with Crippen molar-refractivity contribution in [2.75, 3.05) is 19.6 Å². The van der Waals surface area contributed by atoms with Crippen LogP contribution in [0.4, 0.5) is 0 Å². The van der Waals surface area contributed by atoms with Gasteiger partial charge in [0.2, 0.25) is 5.91 Å². The van der Waals surface area contributed by atoms with Crippen molar-refractivity contribution in [1.82, 2.24) is 19.8 Å². The summed E-state index contributed by atoms with van der Waals surface area (Å²) in [7, 11) is 0. The molecular weight excluding hydrogens is 312 g/mol. The predicted molar refractivity (Wildman–Crippen MR) is 89.7 cm³/mol. The highest BCUT2D eigenvalue weighted by Gasteiger charge is 2.35. The zero-order valence-corrected chi connectivity index (χ0v) is 14.2. The molecule has 4 rings (SSSR count). The van der Waals surface area contributed by atoms with E-state index >= 15 is 0 Å². The van der Waals surface area contributed by atoms with Crippen LogP contribution in [-0.4, -0.2) is 51.4 Å². The van der Waals surface area contributed by atoms with Crippen LogP contribution in [0.1, 0.15) is 29.1 Å². The number of fused-ring (bicyclic) bond motifs is 1. The topological polar surface area (TPSA) is 69.3 Å². The molecule has 0 bridgehead atoms. The Hall–Kier alpha value is -1.73. The van der Waals surface area contributed by atoms with E-state index in [1.54, 1.807) is 11.3 Å². The molecule has 0 unspecified atom stereocenters. The Kier molecular flexibility index (Phi) is 3.50. The number of rotatable bonds is 3. The second kappa shape index (κ2) is 5.42. The first kappa shape index (κ1) is 14.8. The molecule has 0 aromatic carbocycles. The van der Waals surface area contributed by atoms with E-state index in [4.69, 9.17) is 0 Å². The van der Waals surface area contributed by atoms with Gasteiger partial charge in [0.25, 0.3) is 5.56 Å². The second-order valence-electron chi connectivity index (χ2n) is 6.50. The van der Waals surface area contributed by atoms with Crippen molar-refractivity contribution >= 4 is 27.5 Å². The Morgan fingerprint density at radius 1 is 1.26 bits per heavy atom. The van der Waals surface area contributed by atoms with E-state index in [0.717, 1.165) is 41.2 Å². The van der Waals surface area contributed by atoms with Gasteiger partial charge in [0.05, 0.1) is 18.5 Å². The van der Waals surface area contributed by atoms with E-state index in [-0.39, 0.29) is 11.5 Å². The molecule has 122 valence electrons. The van der Waals surface area contributed by atoms with Gasteiger partial charge >= 0.3 is 0 Å². The Labute approximate surface area is 138 Å². The molecule has 2 aliphatic rings. The Morgan fingerprint density at radius 2 is 2.04 bits per heavy atom. The zero-order valence-electron chi connectivity index (χ0n) is 13.4. The highest BCUT2D eigenvalue weighted by molar-refractivity contribution is 7.18. The van der Waals surface area contributed by atoms with Crippen LogP contribution in [0.3, 0.4) is 0 Å². The highest BCUT2D eigenvalue weighted by Crippen LogP contribution is 2.28. The first-order valence-corrected chi connectivity index (χ1v) is 8.85. The van der Waals surface area contributed by atoms with Crippen molar-refractivity contribution in [2.45, 2.75) is 39.3 Å². The van der Waals surface area contributed by atoms with Crippen molar-refractivity contribution in [2.24, 2.45) is 0 Å². The molecule has 0 atom stereocenters. The average molecular weight is 332 g/mol. The molecule has 1 aliphatic heterocycles. The van der Waals surface area contributed by atoms with Crippen molar-refractivity contribution in [3.05, 3.63) is 26.6 Å². The summed E-state index contributed by atoms with van der Waals surface area (Å²) in [6, 6.07) is 0.482. The number of hydrogen-bond acceptors (Lipinski definition) is 5. The quantitative estimate of drug-likeness (QED) is 0.923. The van der Waals surface area contributed by atoms with Gasteiger partial charge in [0.15, 0.2) is 0 Å². The number of piperazine rings is 1. The van der Waals surface area contributed by atoms with Crippen LogP contribution in [0, 0.1) is 13.8 Å². The van der Waals surface area contributed by atoms with Crippen molar-refractivity contribution < 1.29 is 4.79 Å². The zero-order chi connectivity index (χ0) is 16.1. The van der Waals surface area contributed by atoms with E-state index in [0.29, 0.717) is 30.3 Å². The fraction of sp³-hybridized carbons (Fsp3) is 0.562. The largest absolute Gasteiger partial charge is 0.337 e. The number of hydrogen-bond donors (Lipinski definition) is 1. The van der Waals surface area contributed by atoms with Crippen molar-refractivity contribution in [3.63, 3.8) is 0 Å². The molecule has 1 aliphatic carbocycles. The first-order chi connectivity index (χ1) is 11.0. The number of carbonyl (C=O) groups is 1. The van der Waals surface area contributed by atoms with Crippen LogP contribution in [0.5, 0.6) is 0 Å². The van der Waals surface area contributed by atoms with Crippen LogP contribution in [0.25, 0.3) is 10.2 Å². The van der Waals surface area contributed by atoms with Crippen LogP contribution in [-0.2, 0) is 11.3 Å². The molecule has 0 spiro atoms. The Bertz CT molecular complexity index is 836. The molecule has 1 saturated heterocycles. The number of aryl methyl sites for hydroxylation is 2. The number of nitrogens with one attached hydrogen (secondary N) is 1. The predicted octanol–water partition coefficient (Wildman–Crippen LogP) is 1.41. The molecule has 2 aromatic heterocycles. The molecule has 2 fully saturated rings. The maximum atomic E-state index is 12.3. The number of amides is 1. The summed E-state index contributed by atoms with van der Waals surface area (Å²) >= 11 is 1.56. The second-order valence-corrected chi connectivity index (χ2v) is 7.71. The standard InChI is InChI=1S/C16H20N4O2S/c1-9-10(2)23-16-14(9)15(22)17-12(18-16)7-19-5-6-20(11-3-4-11)13(21)8-19/h11H,3-8H2,1-2H3,(H,17,18,22). The number of thiophene rings is 1. The van der Waals surface area contributed by atoms with Gasteiger partial charge in [-0.3, -0.25) is 14.5 Å². The van der Waals surface area contributed by atoms with E-state index < -0.39 is 0 Å². The summed E-state index contributed by atoms with van der Waals surface area (Å²) in [4.78, 5) is 38.0. The number of aromatic nitrogens is 2. The monoisotopic (exact) mass is 332 g/mol. The van der Waals surface area contributed by atoms with Crippen LogP contribution in [0.15, 0.2) is 4.79 Å². The third kappa shape index (κ3) is 2.68. The summed E-state index contributed by atoms with van der Waals surface area (Å²) in [5.41, 5.74) is 0.938. The highest BCUT2D eigenvalue weighted by atomic mass is 32.1. The van der Waals surface area contributed by atoms with Gasteiger partial charge in [-0.2, -0.15) is 0 Å². The molecule has 0 radical (unpaired) electrons. The maximum absolute atomic E-state index is 12.3. The van der Waals surface area contributed by atoms with Gasteiger partial charge in [-0.25, -0.2) is 4.98 Å². The van der Waals surface area contributed by atoms with E-state index in [2.05, 4.69) is 14.9 Å². The van der Waals surface area contributed by atoms with Gasteiger partial charge in [-0.05, 0) is 32.3 Å². The summed E-state index contributed by atoms with van der Waals surface area (Å²) < 4.78 is 0. The van der Waals surface area contributed by atoms with Crippen LogP contribution >= 0.6 is 11.3 Å². The fourth-order valence-electron chi connectivity index (χ4n) is 3.23. The third-order valence-electron chi connectivity index (χ3n) is 4.79. The molecule has 2 aromatic rings. The van der Waals surface area contributed by atoms with Crippen molar-refractivity contribution in [3.8, 4) is 0 Å². The Morgan fingerprint density at radius 3 is 2.74 bits per heavy atom. The third-order valence-corrected chi connectivity index (χ3v) is 5.89. The summed E-state index contributed by atoms with van der Waals surface area (Å²) in [5.74, 6) is 0.849. The molecule has 1 saturated carbocycles. The molecule has 23 heavy (non-hydrogen) atoms. The van der Waals surface area contributed by atoms with Gasteiger partial charge in [0, 0.05) is 24.0 Å². The van der Waals surface area contributed by atoms with Gasteiger partial charge in [-0.1, -0.05) is 0 Å². The minimum Gasteiger partial charge on any atom is -0.337 e. The number of carbonyl (C=O) groups excluding carboxylic acids is 1. The van der Waals surface area contributed by atoms with E-state index in [1.165, 1.54) is 0 Å². The lowest BCUT2D eigenvalue weighted by Crippen LogP contribution is -2.50. The fourth-order valence-corrected chi connectivity index (χ4v) is 4.28. The van der Waals surface area contributed by atoms with Gasteiger partial charge in [0.1, 0.15) is 10.7 Å². The van der Waals surface area contributed by atoms with E-state index in [1.807, 2.05) is 18.7 Å². The molecule has 7 heteroatoms. The van der Waals surface area contributed by atoms with E-state index in [9.17, 15) is 9.59 Å². The summed E-state index contributed by atoms with van der Waals surface area (Å²) in [5, 5.41) is 0.700. The average Bonchev–Trinajstić information content (AvgIpc) is 3.27. The lowest BCUT2D eigenvalue weighted by Gasteiger charge is -2.34. The maximum Gasteiger partial charge on any atom is 0.259 e. The normalized spacial score (nSPS) is 19.7. The minimum absolute atomic E-state index is 0.0743. The Balaban J connectivity index is 1.54. The van der Waals surface area contributed by atoms with Crippen molar-refractivity contribution in [1.29, 1.82) is 0 Å². The SMILES string of the molecule is Cc1sc2nc(CN3CCN(C4CC4)C(=O)C3)[nH]c(=O)c2c1C. The van der Waals surface area contributed by atoms with Gasteiger partial charge in [-0.15, -0.1) is 11.3 Å². The van der Waals surface area contributed by atoms with Crippen LogP contribution in [0.2, 0.25) is 0 Å². The lowest BCUT2D eigenvalue weighted by molar-refractivity contribution is -0.136. The smallest absolute Gasteiger partial charge is 0.259 e.